The van der Waals surface area contributed by atoms with Crippen molar-refractivity contribution >= 4 is 0 Å². The lowest BCUT2D eigenvalue weighted by atomic mass is 10.0. The van der Waals surface area contributed by atoms with Crippen molar-refractivity contribution in [3.8, 4) is 0 Å². The van der Waals surface area contributed by atoms with E-state index in [1.807, 2.05) is 0 Å². The summed E-state index contributed by atoms with van der Waals surface area (Å²) in [5.74, 6) is -0.688. The minimum absolute atomic E-state index is 0.0175. The van der Waals surface area contributed by atoms with Crippen LogP contribution in [0.2, 0.25) is 0 Å². The van der Waals surface area contributed by atoms with Gasteiger partial charge in [0, 0.05) is 44.3 Å². The molecule has 2 aliphatic heterocycles. The lowest BCUT2D eigenvalue weighted by molar-refractivity contribution is 0.0299. The van der Waals surface area contributed by atoms with Crippen LogP contribution in [0.25, 0.3) is 0 Å². The van der Waals surface area contributed by atoms with Crippen LogP contribution in [0, 0.1) is 18.6 Å². The van der Waals surface area contributed by atoms with E-state index in [0.717, 1.165) is 45.6 Å². The molecular formula is C17H24F2N3. The fraction of sp³-hybridized carbons (Fsp3) is 0.588. The zero-order valence-electron chi connectivity index (χ0n) is 13.1. The third-order valence-electron chi connectivity index (χ3n) is 4.95. The summed E-state index contributed by atoms with van der Waals surface area (Å²) in [6.45, 7) is 9.20. The van der Waals surface area contributed by atoms with Crippen molar-refractivity contribution in [2.75, 3.05) is 39.8 Å². The third-order valence-corrected chi connectivity index (χ3v) is 4.95. The van der Waals surface area contributed by atoms with E-state index < -0.39 is 0 Å². The average Bonchev–Trinajstić information content (AvgIpc) is 2.99. The number of nitrogens with zero attached hydrogens (tertiary/aromatic N) is 3. The van der Waals surface area contributed by atoms with E-state index in [9.17, 15) is 8.78 Å². The van der Waals surface area contributed by atoms with Crippen LogP contribution in [0.5, 0.6) is 0 Å². The van der Waals surface area contributed by atoms with E-state index in [1.165, 1.54) is 18.2 Å². The Morgan fingerprint density at radius 3 is 2.59 bits per heavy atom. The van der Waals surface area contributed by atoms with E-state index in [1.54, 1.807) is 0 Å². The average molecular weight is 308 g/mol. The summed E-state index contributed by atoms with van der Waals surface area (Å²) in [5.41, 5.74) is 0.472. The topological polar surface area (TPSA) is 9.72 Å². The summed E-state index contributed by atoms with van der Waals surface area (Å²) in [7, 11) is 2.12. The van der Waals surface area contributed by atoms with Gasteiger partial charge < -0.3 is 4.90 Å². The maximum Gasteiger partial charge on any atom is 0.128 e. The number of likely N-dealkylation sites (N-methyl/N-ethyl adjacent to an activating group) is 1. The molecule has 2 aliphatic rings. The fourth-order valence-electron chi connectivity index (χ4n) is 3.58. The van der Waals surface area contributed by atoms with Crippen LogP contribution in [0.4, 0.5) is 8.78 Å². The lowest BCUT2D eigenvalue weighted by Crippen LogP contribution is -2.54. The molecule has 1 unspecified atom stereocenters. The molecule has 0 spiro atoms. The first kappa shape index (κ1) is 15.8. The molecule has 0 saturated carbocycles. The number of hydrogen-bond donors (Lipinski definition) is 0. The Morgan fingerprint density at radius 2 is 1.86 bits per heavy atom. The monoisotopic (exact) mass is 308 g/mol. The van der Waals surface area contributed by atoms with Crippen LogP contribution in [0.1, 0.15) is 24.4 Å². The van der Waals surface area contributed by atoms with E-state index in [4.69, 9.17) is 0 Å². The Hall–Kier alpha value is -1.04. The van der Waals surface area contributed by atoms with Crippen molar-refractivity contribution in [2.24, 2.45) is 0 Å². The summed E-state index contributed by atoms with van der Waals surface area (Å²) in [5, 5.41) is 0. The second kappa shape index (κ2) is 6.60. The largest absolute Gasteiger partial charge is 0.304 e. The minimum atomic E-state index is -0.372. The smallest absolute Gasteiger partial charge is 0.128 e. The van der Waals surface area contributed by atoms with Crippen molar-refractivity contribution in [1.82, 2.24) is 14.7 Å². The van der Waals surface area contributed by atoms with Gasteiger partial charge in [-0.15, -0.1) is 0 Å². The highest BCUT2D eigenvalue weighted by atomic mass is 19.1. The molecule has 2 saturated heterocycles. The van der Waals surface area contributed by atoms with Gasteiger partial charge in [0.15, 0.2) is 0 Å². The highest BCUT2D eigenvalue weighted by molar-refractivity contribution is 5.23. The number of rotatable bonds is 3. The zero-order valence-corrected chi connectivity index (χ0v) is 13.1. The molecule has 2 heterocycles. The molecule has 2 atom stereocenters. The molecule has 5 heteroatoms. The summed E-state index contributed by atoms with van der Waals surface area (Å²) in [6, 6.07) is 3.68. The molecule has 121 valence electrons. The van der Waals surface area contributed by atoms with Crippen LogP contribution in [0.3, 0.4) is 0 Å². The van der Waals surface area contributed by atoms with Gasteiger partial charge in [-0.1, -0.05) is 0 Å². The lowest BCUT2D eigenvalue weighted by Gasteiger charge is -2.42. The molecule has 3 nitrogen and oxygen atoms in total. The first-order chi connectivity index (χ1) is 10.6. The SMILES string of the molecule is [CH2]C(N1CCN(C)CC1)N1CCC[C@@H]1c1cc(F)ccc1F. The van der Waals surface area contributed by atoms with E-state index in [2.05, 4.69) is 28.7 Å². The Morgan fingerprint density at radius 1 is 1.14 bits per heavy atom. The molecule has 0 N–H and O–H groups in total. The second-order valence-corrected chi connectivity index (χ2v) is 6.38. The quantitative estimate of drug-likeness (QED) is 0.849. The molecular weight excluding hydrogens is 284 g/mol. The van der Waals surface area contributed by atoms with Gasteiger partial charge in [0.1, 0.15) is 11.6 Å². The minimum Gasteiger partial charge on any atom is -0.304 e. The number of hydrogen-bond acceptors (Lipinski definition) is 3. The van der Waals surface area contributed by atoms with Crippen molar-refractivity contribution in [1.29, 1.82) is 0 Å². The van der Waals surface area contributed by atoms with Crippen LogP contribution in [0.15, 0.2) is 18.2 Å². The van der Waals surface area contributed by atoms with Gasteiger partial charge in [-0.05, 0) is 45.0 Å². The van der Waals surface area contributed by atoms with Crippen LogP contribution in [-0.4, -0.2) is 60.6 Å². The molecule has 0 bridgehead atoms. The Kier molecular flexibility index (Phi) is 4.76. The standard InChI is InChI=1S/C17H24F2N3/c1-13(21-10-8-20(2)9-11-21)22-7-3-4-17(22)15-12-14(18)5-6-16(15)19/h5-6,12-13,17H,1,3-4,7-11H2,2H3/t13?,17-/m1/s1. The molecule has 1 aromatic rings. The van der Waals surface area contributed by atoms with Gasteiger partial charge in [0.2, 0.25) is 0 Å². The molecule has 22 heavy (non-hydrogen) atoms. The van der Waals surface area contributed by atoms with Crippen molar-refractivity contribution in [3.63, 3.8) is 0 Å². The predicted octanol–water partition coefficient (Wildman–Crippen LogP) is 2.51. The number of halogens is 2. The Bertz CT molecular complexity index is 515. The van der Waals surface area contributed by atoms with E-state index in [0.29, 0.717) is 5.56 Å². The molecule has 0 aliphatic carbocycles. The molecule has 2 fully saturated rings. The van der Waals surface area contributed by atoms with Gasteiger partial charge in [0.05, 0.1) is 6.17 Å². The van der Waals surface area contributed by atoms with Crippen LogP contribution < -0.4 is 0 Å². The predicted molar refractivity (Wildman–Crippen MR) is 83.3 cm³/mol. The van der Waals surface area contributed by atoms with E-state index in [-0.39, 0.29) is 23.8 Å². The molecule has 0 aromatic heterocycles. The van der Waals surface area contributed by atoms with E-state index >= 15 is 0 Å². The molecule has 3 rings (SSSR count). The van der Waals surface area contributed by atoms with Crippen LogP contribution >= 0.6 is 0 Å². The van der Waals surface area contributed by atoms with Gasteiger partial charge in [-0.2, -0.15) is 0 Å². The Labute approximate surface area is 131 Å². The highest BCUT2D eigenvalue weighted by Gasteiger charge is 2.34. The zero-order chi connectivity index (χ0) is 15.7. The maximum atomic E-state index is 14.1. The second-order valence-electron chi connectivity index (χ2n) is 6.38. The van der Waals surface area contributed by atoms with Gasteiger partial charge in [-0.3, -0.25) is 9.80 Å². The number of likely N-dealkylation sites (tertiary alicyclic amines) is 1. The maximum absolute atomic E-state index is 14.1. The summed E-state index contributed by atoms with van der Waals surface area (Å²) < 4.78 is 27.6. The molecule has 1 aromatic carbocycles. The van der Waals surface area contributed by atoms with Crippen molar-refractivity contribution < 1.29 is 8.78 Å². The summed E-state index contributed by atoms with van der Waals surface area (Å²) in [6.07, 6.45) is 1.88. The summed E-state index contributed by atoms with van der Waals surface area (Å²) in [4.78, 5) is 6.87. The Balaban J connectivity index is 1.76. The van der Waals surface area contributed by atoms with Crippen LogP contribution in [-0.2, 0) is 0 Å². The molecule has 1 radical (unpaired) electrons. The molecule has 0 amide bonds. The highest BCUT2D eigenvalue weighted by Crippen LogP contribution is 2.35. The van der Waals surface area contributed by atoms with Crippen molar-refractivity contribution in [2.45, 2.75) is 25.0 Å². The van der Waals surface area contributed by atoms with Gasteiger partial charge in [0.25, 0.3) is 0 Å². The third kappa shape index (κ3) is 3.16. The van der Waals surface area contributed by atoms with Gasteiger partial charge in [-0.25, -0.2) is 8.78 Å². The number of piperazine rings is 1. The fourth-order valence-corrected chi connectivity index (χ4v) is 3.58. The summed E-state index contributed by atoms with van der Waals surface area (Å²) >= 11 is 0. The van der Waals surface area contributed by atoms with Gasteiger partial charge >= 0.3 is 0 Å². The number of benzene rings is 1. The van der Waals surface area contributed by atoms with Crippen molar-refractivity contribution in [3.05, 3.63) is 42.3 Å². The normalized spacial score (nSPS) is 26.5. The first-order valence-electron chi connectivity index (χ1n) is 8.02. The first-order valence-corrected chi connectivity index (χ1v) is 8.02.